The SMILES string of the molecule is CCN(CC)CCN(C(=O)C1CCCCN1S(=O)(=O)c1ccc(Cl)s1)c1nc2c(OC)ccc(C)c2s1. The van der Waals surface area contributed by atoms with Crippen molar-refractivity contribution in [1.29, 1.82) is 0 Å². The monoisotopic (exact) mass is 584 g/mol. The maximum atomic E-state index is 14.2. The number of carbonyl (C=O) groups excluding carboxylic acids is 1. The van der Waals surface area contributed by atoms with Crippen molar-refractivity contribution in [3.8, 4) is 5.75 Å². The highest BCUT2D eigenvalue weighted by atomic mass is 35.5. The number of sulfonamides is 1. The molecular weight excluding hydrogens is 552 g/mol. The van der Waals surface area contributed by atoms with Crippen LogP contribution in [-0.4, -0.2) is 74.4 Å². The molecule has 1 aliphatic rings. The van der Waals surface area contributed by atoms with Crippen molar-refractivity contribution in [3.05, 3.63) is 34.2 Å². The summed E-state index contributed by atoms with van der Waals surface area (Å²) in [5, 5.41) is 0.557. The van der Waals surface area contributed by atoms with E-state index in [4.69, 9.17) is 21.3 Å². The highest BCUT2D eigenvalue weighted by Gasteiger charge is 2.41. The number of anilines is 1. The molecule has 4 rings (SSSR count). The van der Waals surface area contributed by atoms with Crippen LogP contribution in [0.5, 0.6) is 5.75 Å². The molecule has 37 heavy (non-hydrogen) atoms. The third-order valence-corrected chi connectivity index (χ3v) is 11.6. The molecule has 0 spiro atoms. The van der Waals surface area contributed by atoms with Crippen LogP contribution in [0, 0.1) is 6.92 Å². The van der Waals surface area contributed by atoms with Crippen LogP contribution >= 0.6 is 34.3 Å². The number of piperidine rings is 1. The van der Waals surface area contributed by atoms with Gasteiger partial charge in [0.15, 0.2) is 5.13 Å². The van der Waals surface area contributed by atoms with E-state index in [-0.39, 0.29) is 10.1 Å². The largest absolute Gasteiger partial charge is 0.494 e. The zero-order valence-electron chi connectivity index (χ0n) is 21.6. The lowest BCUT2D eigenvalue weighted by atomic mass is 10.0. The Morgan fingerprint density at radius 3 is 2.57 bits per heavy atom. The molecule has 8 nitrogen and oxygen atoms in total. The van der Waals surface area contributed by atoms with Gasteiger partial charge in [0.1, 0.15) is 21.5 Å². The fourth-order valence-electron chi connectivity index (χ4n) is 4.63. The van der Waals surface area contributed by atoms with Crippen LogP contribution in [-0.2, 0) is 14.8 Å². The Balaban J connectivity index is 1.74. The van der Waals surface area contributed by atoms with Crippen molar-refractivity contribution in [2.24, 2.45) is 0 Å². The molecule has 1 saturated heterocycles. The van der Waals surface area contributed by atoms with E-state index >= 15 is 0 Å². The van der Waals surface area contributed by atoms with E-state index in [0.29, 0.717) is 53.2 Å². The Hall–Kier alpha value is -1.76. The Bertz CT molecular complexity index is 1350. The lowest BCUT2D eigenvalue weighted by molar-refractivity contribution is -0.123. The molecule has 2 aromatic heterocycles. The number of aromatic nitrogens is 1. The van der Waals surface area contributed by atoms with E-state index in [1.54, 1.807) is 18.1 Å². The molecule has 0 bridgehead atoms. The Morgan fingerprint density at radius 1 is 1.16 bits per heavy atom. The summed E-state index contributed by atoms with van der Waals surface area (Å²) < 4.78 is 35.6. The number of halogens is 1. The molecule has 12 heteroatoms. The fraction of sp³-hybridized carbons (Fsp3) is 0.520. The van der Waals surface area contributed by atoms with Crippen LogP contribution in [0.1, 0.15) is 38.7 Å². The normalized spacial score (nSPS) is 17.0. The van der Waals surface area contributed by atoms with Gasteiger partial charge in [-0.05, 0) is 56.6 Å². The van der Waals surface area contributed by atoms with E-state index in [1.807, 2.05) is 19.1 Å². The van der Waals surface area contributed by atoms with Crippen LogP contribution in [0.15, 0.2) is 28.5 Å². The summed E-state index contributed by atoms with van der Waals surface area (Å²) >= 11 is 8.50. The number of methoxy groups -OCH3 is 1. The average molecular weight is 585 g/mol. The summed E-state index contributed by atoms with van der Waals surface area (Å²) in [6.45, 7) is 9.26. The molecular formula is C25H33ClN4O4S3. The highest BCUT2D eigenvalue weighted by molar-refractivity contribution is 7.91. The van der Waals surface area contributed by atoms with Crippen molar-refractivity contribution >= 4 is 65.6 Å². The van der Waals surface area contributed by atoms with Gasteiger partial charge in [0.2, 0.25) is 5.91 Å². The first kappa shape index (κ1) is 28.3. The van der Waals surface area contributed by atoms with Crippen LogP contribution in [0.2, 0.25) is 4.34 Å². The minimum atomic E-state index is -3.86. The molecule has 1 atom stereocenters. The average Bonchev–Trinajstić information content (AvgIpc) is 3.54. The summed E-state index contributed by atoms with van der Waals surface area (Å²) in [6.07, 6.45) is 1.95. The molecule has 1 aromatic carbocycles. The molecule has 0 aliphatic carbocycles. The number of likely N-dealkylation sites (N-methyl/N-ethyl adjacent to an activating group) is 1. The number of nitrogens with zero attached hydrogens (tertiary/aromatic N) is 4. The number of thiazole rings is 1. The first-order valence-corrected chi connectivity index (χ1v) is 15.9. The van der Waals surface area contributed by atoms with Crippen LogP contribution in [0.3, 0.4) is 0 Å². The van der Waals surface area contributed by atoms with Gasteiger partial charge in [-0.3, -0.25) is 9.69 Å². The topological polar surface area (TPSA) is 83.0 Å². The van der Waals surface area contributed by atoms with E-state index in [2.05, 4.69) is 18.7 Å². The molecule has 3 heterocycles. The second-order valence-corrected chi connectivity index (χ2v) is 13.8. The van der Waals surface area contributed by atoms with E-state index < -0.39 is 16.1 Å². The second-order valence-electron chi connectivity index (χ2n) is 8.96. The van der Waals surface area contributed by atoms with Crippen LogP contribution < -0.4 is 9.64 Å². The van der Waals surface area contributed by atoms with Crippen molar-refractivity contribution in [1.82, 2.24) is 14.2 Å². The lowest BCUT2D eigenvalue weighted by Crippen LogP contribution is -2.54. The van der Waals surface area contributed by atoms with Gasteiger partial charge in [-0.25, -0.2) is 13.4 Å². The number of amides is 1. The summed E-state index contributed by atoms with van der Waals surface area (Å²) in [5.41, 5.74) is 1.76. The molecule has 1 unspecified atom stereocenters. The molecule has 1 fully saturated rings. The summed E-state index contributed by atoms with van der Waals surface area (Å²) in [4.78, 5) is 23.0. The van der Waals surface area contributed by atoms with Crippen LogP contribution in [0.4, 0.5) is 5.13 Å². The minimum Gasteiger partial charge on any atom is -0.494 e. The van der Waals surface area contributed by atoms with Gasteiger partial charge in [0.05, 0.1) is 16.1 Å². The Kier molecular flexibility index (Phi) is 9.13. The smallest absolute Gasteiger partial charge is 0.253 e. The Labute approximate surface area is 231 Å². The van der Waals surface area contributed by atoms with E-state index in [1.165, 1.54) is 21.7 Å². The number of fused-ring (bicyclic) bond motifs is 1. The van der Waals surface area contributed by atoms with E-state index in [9.17, 15) is 13.2 Å². The predicted octanol–water partition coefficient (Wildman–Crippen LogP) is 5.25. The molecule has 1 amide bonds. The van der Waals surface area contributed by atoms with Gasteiger partial charge >= 0.3 is 0 Å². The highest BCUT2D eigenvalue weighted by Crippen LogP contribution is 2.38. The Morgan fingerprint density at radius 2 is 1.92 bits per heavy atom. The number of hydrogen-bond donors (Lipinski definition) is 0. The lowest BCUT2D eigenvalue weighted by Gasteiger charge is -2.36. The number of hydrogen-bond acceptors (Lipinski definition) is 8. The van der Waals surface area contributed by atoms with Gasteiger partial charge in [-0.2, -0.15) is 4.31 Å². The van der Waals surface area contributed by atoms with Crippen molar-refractivity contribution in [3.63, 3.8) is 0 Å². The zero-order valence-corrected chi connectivity index (χ0v) is 24.8. The summed E-state index contributed by atoms with van der Waals surface area (Å²) in [5.74, 6) is 0.407. The van der Waals surface area contributed by atoms with E-state index in [0.717, 1.165) is 41.1 Å². The van der Waals surface area contributed by atoms with Gasteiger partial charge in [-0.1, -0.05) is 49.3 Å². The number of aryl methyl sites for hydroxylation is 1. The number of benzene rings is 1. The quantitative estimate of drug-likeness (QED) is 0.324. The molecule has 0 radical (unpaired) electrons. The number of rotatable bonds is 10. The standard InChI is InChI=1S/C25H33ClN4O4S3/c1-5-28(6-2)15-16-29(25-27-22-19(34-4)11-10-17(3)23(22)36-25)24(31)18-9-7-8-14-30(18)37(32,33)21-13-12-20(26)35-21/h10-13,18H,5-9,14-16H2,1-4H3. The molecule has 202 valence electrons. The number of carbonyl (C=O) groups is 1. The summed E-state index contributed by atoms with van der Waals surface area (Å²) in [6, 6.07) is 6.15. The number of thiophene rings is 1. The maximum Gasteiger partial charge on any atom is 0.253 e. The molecule has 0 saturated carbocycles. The predicted molar refractivity (Wildman–Crippen MR) is 152 cm³/mol. The molecule has 0 N–H and O–H groups in total. The first-order chi connectivity index (χ1) is 17.7. The maximum absolute atomic E-state index is 14.2. The zero-order chi connectivity index (χ0) is 26.7. The fourth-order valence-corrected chi connectivity index (χ4v) is 8.98. The molecule has 1 aliphatic heterocycles. The van der Waals surface area contributed by atoms with Crippen molar-refractivity contribution in [2.45, 2.75) is 50.3 Å². The third kappa shape index (κ3) is 5.81. The molecule has 3 aromatic rings. The van der Waals surface area contributed by atoms with Gasteiger partial charge < -0.3 is 9.64 Å². The second kappa shape index (κ2) is 12.0. The van der Waals surface area contributed by atoms with Crippen LogP contribution in [0.25, 0.3) is 10.2 Å². The van der Waals surface area contributed by atoms with Crippen molar-refractivity contribution in [2.75, 3.05) is 44.7 Å². The van der Waals surface area contributed by atoms with Gasteiger partial charge in [0.25, 0.3) is 10.0 Å². The van der Waals surface area contributed by atoms with Gasteiger partial charge in [-0.15, -0.1) is 11.3 Å². The first-order valence-electron chi connectivity index (χ1n) is 12.5. The minimum absolute atomic E-state index is 0.159. The number of ether oxygens (including phenoxy) is 1. The van der Waals surface area contributed by atoms with Gasteiger partial charge in [0, 0.05) is 19.6 Å². The third-order valence-electron chi connectivity index (χ3n) is 6.79. The van der Waals surface area contributed by atoms with Crippen molar-refractivity contribution < 1.29 is 17.9 Å². The summed E-state index contributed by atoms with van der Waals surface area (Å²) in [7, 11) is -2.26.